The Morgan fingerprint density at radius 1 is 1.90 bits per heavy atom. The zero-order chi connectivity index (χ0) is 7.40. The minimum absolute atomic E-state index is 0.415. The van der Waals surface area contributed by atoms with Crippen LogP contribution in [0.25, 0.3) is 0 Å². The number of hydrogen-bond donors (Lipinski definition) is 1. The van der Waals surface area contributed by atoms with E-state index >= 15 is 0 Å². The molecule has 1 aromatic heterocycles. The first kappa shape index (κ1) is 7.21. The van der Waals surface area contributed by atoms with Crippen molar-refractivity contribution in [3.63, 3.8) is 0 Å². The van der Waals surface area contributed by atoms with Crippen molar-refractivity contribution in [2.75, 3.05) is 12.4 Å². The summed E-state index contributed by atoms with van der Waals surface area (Å²) in [4.78, 5) is 14.1. The summed E-state index contributed by atoms with van der Waals surface area (Å²) in [7, 11) is 1.81. The second-order valence-corrected chi connectivity index (χ2v) is 2.62. The average molecular weight is 156 g/mol. The summed E-state index contributed by atoms with van der Waals surface area (Å²) in [5.41, 5.74) is 0.837. The maximum absolute atomic E-state index is 10.0. The number of thiazole rings is 1. The Balaban J connectivity index is 2.67. The molecule has 10 heavy (non-hydrogen) atoms. The van der Waals surface area contributed by atoms with Gasteiger partial charge in [-0.25, -0.2) is 4.98 Å². The molecule has 0 aromatic carbocycles. The van der Waals surface area contributed by atoms with Gasteiger partial charge in [0.15, 0.2) is 5.13 Å². The third kappa shape index (κ3) is 1.54. The largest absolute Gasteiger partial charge is 0.365 e. The molecule has 0 saturated heterocycles. The second kappa shape index (κ2) is 3.31. The highest BCUT2D eigenvalue weighted by atomic mass is 32.1. The van der Waals surface area contributed by atoms with Crippen LogP contribution in [0.4, 0.5) is 5.13 Å². The van der Waals surface area contributed by atoms with Crippen LogP contribution in [-0.4, -0.2) is 18.3 Å². The number of carbonyl (C=O) groups excluding carboxylic acids is 1. The molecule has 1 rings (SSSR count). The highest BCUT2D eigenvalue weighted by Gasteiger charge is 1.97. The summed E-state index contributed by atoms with van der Waals surface area (Å²) in [6, 6.07) is 0. The Kier molecular flexibility index (Phi) is 2.39. The van der Waals surface area contributed by atoms with E-state index in [1.54, 1.807) is 0 Å². The minimum atomic E-state index is 0.415. The molecule has 0 bridgehead atoms. The van der Waals surface area contributed by atoms with Crippen molar-refractivity contribution in [2.24, 2.45) is 0 Å². The third-order valence-electron chi connectivity index (χ3n) is 1.06. The number of rotatable bonds is 3. The molecule has 0 amide bonds. The van der Waals surface area contributed by atoms with E-state index < -0.39 is 0 Å². The van der Waals surface area contributed by atoms with Gasteiger partial charge in [-0.2, -0.15) is 0 Å². The molecule has 3 nitrogen and oxygen atoms in total. The molecular weight excluding hydrogens is 148 g/mol. The highest BCUT2D eigenvalue weighted by Crippen LogP contribution is 2.13. The Labute approximate surface area is 63.1 Å². The van der Waals surface area contributed by atoms with Gasteiger partial charge in [0.25, 0.3) is 0 Å². The van der Waals surface area contributed by atoms with Crippen molar-refractivity contribution in [3.8, 4) is 0 Å². The van der Waals surface area contributed by atoms with E-state index in [0.29, 0.717) is 6.42 Å². The van der Waals surface area contributed by atoms with Crippen molar-refractivity contribution >= 4 is 22.8 Å². The molecule has 0 atom stereocenters. The summed E-state index contributed by atoms with van der Waals surface area (Å²) >= 11 is 1.51. The zero-order valence-corrected chi connectivity index (χ0v) is 6.44. The lowest BCUT2D eigenvalue weighted by Gasteiger charge is -1.86. The molecule has 54 valence electrons. The summed E-state index contributed by atoms with van der Waals surface area (Å²) in [5, 5.41) is 5.63. The van der Waals surface area contributed by atoms with Crippen molar-refractivity contribution in [1.29, 1.82) is 0 Å². The molecule has 0 saturated carbocycles. The van der Waals surface area contributed by atoms with Crippen LogP contribution in [0.15, 0.2) is 5.38 Å². The molecule has 0 aliphatic rings. The lowest BCUT2D eigenvalue weighted by Crippen LogP contribution is -1.88. The van der Waals surface area contributed by atoms with Gasteiger partial charge in [-0.05, 0) is 0 Å². The molecule has 0 spiro atoms. The van der Waals surface area contributed by atoms with Crippen molar-refractivity contribution in [3.05, 3.63) is 11.1 Å². The van der Waals surface area contributed by atoms with E-state index in [2.05, 4.69) is 10.3 Å². The Morgan fingerprint density at radius 2 is 2.70 bits per heavy atom. The van der Waals surface area contributed by atoms with Crippen LogP contribution in [0.5, 0.6) is 0 Å². The number of anilines is 1. The lowest BCUT2D eigenvalue weighted by molar-refractivity contribution is -0.107. The van der Waals surface area contributed by atoms with Gasteiger partial charge < -0.3 is 10.1 Å². The number of carbonyl (C=O) groups is 1. The third-order valence-corrected chi connectivity index (χ3v) is 1.97. The number of nitrogens with zero attached hydrogens (tertiary/aromatic N) is 1. The number of aldehydes is 1. The van der Waals surface area contributed by atoms with Gasteiger partial charge in [0.2, 0.25) is 0 Å². The fraction of sp³-hybridized carbons (Fsp3) is 0.333. The van der Waals surface area contributed by atoms with Crippen LogP contribution in [0.2, 0.25) is 0 Å². The Bertz CT molecular complexity index is 221. The minimum Gasteiger partial charge on any atom is -0.365 e. The van der Waals surface area contributed by atoms with Gasteiger partial charge in [-0.15, -0.1) is 11.3 Å². The Morgan fingerprint density at radius 3 is 3.20 bits per heavy atom. The van der Waals surface area contributed by atoms with E-state index in [9.17, 15) is 4.79 Å². The van der Waals surface area contributed by atoms with E-state index in [-0.39, 0.29) is 0 Å². The SMILES string of the molecule is CNc1nc(CC=O)cs1. The van der Waals surface area contributed by atoms with Gasteiger partial charge in [0.05, 0.1) is 5.69 Å². The molecular formula is C6H8N2OS. The van der Waals surface area contributed by atoms with Gasteiger partial charge in [0, 0.05) is 18.8 Å². The van der Waals surface area contributed by atoms with Crippen molar-refractivity contribution < 1.29 is 4.79 Å². The fourth-order valence-electron chi connectivity index (χ4n) is 0.601. The fourth-order valence-corrected chi connectivity index (χ4v) is 1.29. The summed E-state index contributed by atoms with van der Waals surface area (Å²) in [6.07, 6.45) is 1.27. The van der Waals surface area contributed by atoms with Crippen LogP contribution in [0, 0.1) is 0 Å². The van der Waals surface area contributed by atoms with Crippen molar-refractivity contribution in [1.82, 2.24) is 4.98 Å². The molecule has 1 heterocycles. The van der Waals surface area contributed by atoms with Crippen LogP contribution in [0.1, 0.15) is 5.69 Å². The molecule has 0 aliphatic carbocycles. The second-order valence-electron chi connectivity index (χ2n) is 1.76. The van der Waals surface area contributed by atoms with E-state index in [1.165, 1.54) is 11.3 Å². The quantitative estimate of drug-likeness (QED) is 0.662. The van der Waals surface area contributed by atoms with Crippen molar-refractivity contribution in [2.45, 2.75) is 6.42 Å². The van der Waals surface area contributed by atoms with Gasteiger partial charge in [-0.1, -0.05) is 0 Å². The molecule has 1 N–H and O–H groups in total. The molecule has 0 fully saturated rings. The highest BCUT2D eigenvalue weighted by molar-refractivity contribution is 7.13. The number of hydrogen-bond acceptors (Lipinski definition) is 4. The predicted octanol–water partition coefficient (Wildman–Crippen LogP) is 0.926. The van der Waals surface area contributed by atoms with Gasteiger partial charge >= 0.3 is 0 Å². The topological polar surface area (TPSA) is 42.0 Å². The lowest BCUT2D eigenvalue weighted by atomic mass is 10.4. The number of aromatic nitrogens is 1. The predicted molar refractivity (Wildman–Crippen MR) is 41.4 cm³/mol. The first-order chi connectivity index (χ1) is 4.86. The van der Waals surface area contributed by atoms with E-state index in [0.717, 1.165) is 17.1 Å². The van der Waals surface area contributed by atoms with Crippen LogP contribution in [-0.2, 0) is 11.2 Å². The molecule has 0 aliphatic heterocycles. The zero-order valence-electron chi connectivity index (χ0n) is 5.63. The summed E-state index contributed by atoms with van der Waals surface area (Å²) < 4.78 is 0. The number of nitrogens with one attached hydrogen (secondary N) is 1. The summed E-state index contributed by atoms with van der Waals surface area (Å²) in [6.45, 7) is 0. The van der Waals surface area contributed by atoms with Crippen LogP contribution >= 0.6 is 11.3 Å². The normalized spacial score (nSPS) is 9.30. The molecule has 1 aromatic rings. The van der Waals surface area contributed by atoms with Crippen LogP contribution in [0.3, 0.4) is 0 Å². The molecule has 4 heteroatoms. The van der Waals surface area contributed by atoms with E-state index in [4.69, 9.17) is 0 Å². The van der Waals surface area contributed by atoms with Gasteiger partial charge in [-0.3, -0.25) is 0 Å². The summed E-state index contributed by atoms with van der Waals surface area (Å²) in [5.74, 6) is 0. The standard InChI is InChI=1S/C6H8N2OS/c1-7-6-8-5(2-3-9)4-10-6/h3-4H,2H2,1H3,(H,7,8). The smallest absolute Gasteiger partial charge is 0.182 e. The molecule has 0 radical (unpaired) electrons. The molecule has 0 unspecified atom stereocenters. The average Bonchev–Trinajstić information content (AvgIpc) is 2.37. The maximum Gasteiger partial charge on any atom is 0.182 e. The first-order valence-corrected chi connectivity index (χ1v) is 3.80. The van der Waals surface area contributed by atoms with Gasteiger partial charge in [0.1, 0.15) is 6.29 Å². The maximum atomic E-state index is 10.0. The van der Waals surface area contributed by atoms with Crippen LogP contribution < -0.4 is 5.32 Å². The first-order valence-electron chi connectivity index (χ1n) is 2.92. The Hall–Kier alpha value is -0.900. The van der Waals surface area contributed by atoms with E-state index in [1.807, 2.05) is 12.4 Å². The monoisotopic (exact) mass is 156 g/mol.